The average molecular weight is 244 g/mol. The van der Waals surface area contributed by atoms with Crippen LogP contribution in [0.25, 0.3) is 0 Å². The minimum atomic E-state index is -0.897. The second-order valence-corrected chi connectivity index (χ2v) is 3.31. The SMILES string of the molecule is O=C1N=CN=C2C=C(Br)C(F)=NC12. The second kappa shape index (κ2) is 2.95. The first-order valence-electron chi connectivity index (χ1n) is 3.43. The Kier molecular flexibility index (Phi) is 1.91. The Hall–Kier alpha value is -1.17. The van der Waals surface area contributed by atoms with Gasteiger partial charge in [-0.1, -0.05) is 0 Å². The molecule has 0 aromatic rings. The Morgan fingerprint density at radius 1 is 1.54 bits per heavy atom. The van der Waals surface area contributed by atoms with E-state index in [1.54, 1.807) is 0 Å². The Labute approximate surface area is 81.1 Å². The van der Waals surface area contributed by atoms with E-state index in [0.29, 0.717) is 5.71 Å². The van der Waals surface area contributed by atoms with Crippen molar-refractivity contribution in [1.29, 1.82) is 0 Å². The molecule has 0 fully saturated rings. The van der Waals surface area contributed by atoms with E-state index < -0.39 is 17.9 Å². The van der Waals surface area contributed by atoms with Crippen molar-refractivity contribution in [3.8, 4) is 0 Å². The molecule has 1 unspecified atom stereocenters. The van der Waals surface area contributed by atoms with Gasteiger partial charge in [0.05, 0.1) is 10.2 Å². The van der Waals surface area contributed by atoms with Gasteiger partial charge in [-0.05, 0) is 22.0 Å². The van der Waals surface area contributed by atoms with E-state index in [2.05, 4.69) is 30.9 Å². The topological polar surface area (TPSA) is 54.1 Å². The van der Waals surface area contributed by atoms with Crippen LogP contribution < -0.4 is 0 Å². The maximum Gasteiger partial charge on any atom is 0.278 e. The molecule has 2 aliphatic heterocycles. The van der Waals surface area contributed by atoms with Gasteiger partial charge in [0, 0.05) is 0 Å². The van der Waals surface area contributed by atoms with Gasteiger partial charge in [0.1, 0.15) is 6.34 Å². The normalized spacial score (nSPS) is 26.2. The zero-order chi connectivity index (χ0) is 9.42. The highest BCUT2D eigenvalue weighted by Crippen LogP contribution is 2.19. The lowest BCUT2D eigenvalue weighted by Crippen LogP contribution is -2.32. The molecule has 0 spiro atoms. The van der Waals surface area contributed by atoms with Crippen LogP contribution in [0.2, 0.25) is 0 Å². The highest BCUT2D eigenvalue weighted by atomic mass is 79.9. The summed E-state index contributed by atoms with van der Waals surface area (Å²) in [5.41, 5.74) is 0.410. The largest absolute Gasteiger partial charge is 0.278 e. The van der Waals surface area contributed by atoms with E-state index in [0.717, 1.165) is 6.34 Å². The molecule has 0 bridgehead atoms. The minimum Gasteiger partial charge on any atom is -0.270 e. The first-order valence-corrected chi connectivity index (χ1v) is 4.23. The van der Waals surface area contributed by atoms with Crippen LogP contribution in [0.15, 0.2) is 25.5 Å². The number of rotatable bonds is 0. The molecular formula is C7H3BrFN3O. The Bertz CT molecular complexity index is 397. The van der Waals surface area contributed by atoms with Crippen LogP contribution in [-0.4, -0.2) is 30.0 Å². The minimum absolute atomic E-state index is 0.200. The number of allylic oxidation sites excluding steroid dienone is 1. The van der Waals surface area contributed by atoms with Crippen molar-refractivity contribution in [2.75, 3.05) is 0 Å². The van der Waals surface area contributed by atoms with Gasteiger partial charge in [-0.25, -0.2) is 9.98 Å². The second-order valence-electron chi connectivity index (χ2n) is 2.45. The lowest BCUT2D eigenvalue weighted by molar-refractivity contribution is -0.117. The van der Waals surface area contributed by atoms with Crippen molar-refractivity contribution in [2.45, 2.75) is 6.04 Å². The lowest BCUT2D eigenvalue weighted by atomic mass is 10.1. The number of hydrogen-bond acceptors (Lipinski definition) is 3. The molecule has 4 nitrogen and oxygen atoms in total. The summed E-state index contributed by atoms with van der Waals surface area (Å²) in [6.07, 6.45) is 2.57. The third-order valence-corrected chi connectivity index (χ3v) is 2.18. The van der Waals surface area contributed by atoms with E-state index in [9.17, 15) is 9.18 Å². The monoisotopic (exact) mass is 243 g/mol. The first kappa shape index (κ1) is 8.43. The van der Waals surface area contributed by atoms with E-state index >= 15 is 0 Å². The highest BCUT2D eigenvalue weighted by molar-refractivity contribution is 9.12. The van der Waals surface area contributed by atoms with E-state index in [-0.39, 0.29) is 4.48 Å². The number of amides is 1. The Balaban J connectivity index is 2.47. The quantitative estimate of drug-likeness (QED) is 0.627. The number of aliphatic imine (C=N–C) groups is 3. The van der Waals surface area contributed by atoms with Crippen molar-refractivity contribution in [3.63, 3.8) is 0 Å². The highest BCUT2D eigenvalue weighted by Gasteiger charge is 2.29. The molecule has 0 N–H and O–H groups in total. The average Bonchev–Trinajstić information content (AvgIpc) is 2.09. The summed E-state index contributed by atoms with van der Waals surface area (Å²) in [4.78, 5) is 21.8. The third-order valence-electron chi connectivity index (χ3n) is 1.62. The summed E-state index contributed by atoms with van der Waals surface area (Å²) in [7, 11) is 0. The van der Waals surface area contributed by atoms with Gasteiger partial charge in [-0.15, -0.1) is 0 Å². The van der Waals surface area contributed by atoms with Crippen molar-refractivity contribution < 1.29 is 9.18 Å². The summed E-state index contributed by atoms with van der Waals surface area (Å²) in [5.74, 6) is -1.19. The summed E-state index contributed by atoms with van der Waals surface area (Å²) in [6.45, 7) is 0. The summed E-state index contributed by atoms with van der Waals surface area (Å²) < 4.78 is 13.1. The first-order chi connectivity index (χ1) is 6.18. The smallest absolute Gasteiger partial charge is 0.270 e. The predicted molar refractivity (Wildman–Crippen MR) is 50.3 cm³/mol. The Morgan fingerprint density at radius 2 is 2.31 bits per heavy atom. The predicted octanol–water partition coefficient (Wildman–Crippen LogP) is 1.02. The van der Waals surface area contributed by atoms with Crippen molar-refractivity contribution >= 4 is 39.9 Å². The molecule has 1 amide bonds. The van der Waals surface area contributed by atoms with E-state index in [1.807, 2.05) is 0 Å². The van der Waals surface area contributed by atoms with Gasteiger partial charge >= 0.3 is 0 Å². The van der Waals surface area contributed by atoms with Crippen LogP contribution in [0, 0.1) is 0 Å². The molecule has 1 atom stereocenters. The van der Waals surface area contributed by atoms with Gasteiger partial charge in [-0.3, -0.25) is 4.79 Å². The maximum atomic E-state index is 12.9. The molecule has 0 saturated carbocycles. The number of halogens is 2. The Morgan fingerprint density at radius 3 is 3.08 bits per heavy atom. The van der Waals surface area contributed by atoms with Crippen LogP contribution >= 0.6 is 15.9 Å². The molecule has 13 heavy (non-hydrogen) atoms. The molecule has 0 aliphatic carbocycles. The standard InChI is InChI=1S/C7H3BrFN3O/c8-3-1-4-5(12-6(3)9)7(13)11-2-10-4/h1-2,5H. The zero-order valence-corrected chi connectivity index (χ0v) is 7.82. The van der Waals surface area contributed by atoms with Gasteiger partial charge < -0.3 is 0 Å². The number of dihydropyridines is 1. The molecule has 0 aromatic heterocycles. The van der Waals surface area contributed by atoms with E-state index in [1.165, 1.54) is 6.08 Å². The van der Waals surface area contributed by atoms with Gasteiger partial charge in [-0.2, -0.15) is 9.38 Å². The fourth-order valence-electron chi connectivity index (χ4n) is 1.02. The molecule has 0 aromatic carbocycles. The molecule has 6 heteroatoms. The number of hydrogen-bond donors (Lipinski definition) is 0. The molecular weight excluding hydrogens is 241 g/mol. The maximum absolute atomic E-state index is 12.9. The van der Waals surface area contributed by atoms with Gasteiger partial charge in [0.25, 0.3) is 5.91 Å². The van der Waals surface area contributed by atoms with Crippen molar-refractivity contribution in [2.24, 2.45) is 15.0 Å². The van der Waals surface area contributed by atoms with Crippen LogP contribution in [0.1, 0.15) is 0 Å². The number of carbonyl (C=O) groups excluding carboxylic acids is 1. The summed E-state index contributed by atoms with van der Waals surface area (Å²) >= 11 is 2.95. The zero-order valence-electron chi connectivity index (χ0n) is 6.24. The summed E-state index contributed by atoms with van der Waals surface area (Å²) in [6, 6.07) is -0.897. The van der Waals surface area contributed by atoms with Gasteiger partial charge in [0.2, 0.25) is 5.97 Å². The number of carbonyl (C=O) groups is 1. The van der Waals surface area contributed by atoms with Crippen LogP contribution in [-0.2, 0) is 4.79 Å². The fourth-order valence-corrected chi connectivity index (χ4v) is 1.36. The number of fused-ring (bicyclic) bond motifs is 1. The van der Waals surface area contributed by atoms with Crippen molar-refractivity contribution in [3.05, 3.63) is 10.6 Å². The molecule has 2 heterocycles. The number of nitrogens with zero attached hydrogens (tertiary/aromatic N) is 3. The van der Waals surface area contributed by atoms with Crippen LogP contribution in [0.4, 0.5) is 4.39 Å². The third kappa shape index (κ3) is 1.37. The molecule has 0 radical (unpaired) electrons. The lowest BCUT2D eigenvalue weighted by Gasteiger charge is -2.15. The summed E-state index contributed by atoms with van der Waals surface area (Å²) in [5, 5.41) is 0. The van der Waals surface area contributed by atoms with Crippen LogP contribution in [0.5, 0.6) is 0 Å². The molecule has 66 valence electrons. The molecule has 2 aliphatic rings. The molecule has 2 rings (SSSR count). The fraction of sp³-hybridized carbons (Fsp3) is 0.143. The van der Waals surface area contributed by atoms with Crippen LogP contribution in [0.3, 0.4) is 0 Å². The van der Waals surface area contributed by atoms with Crippen molar-refractivity contribution in [1.82, 2.24) is 0 Å². The van der Waals surface area contributed by atoms with Gasteiger partial charge in [0.15, 0.2) is 6.04 Å². The molecule has 0 saturated heterocycles. The van der Waals surface area contributed by atoms with E-state index in [4.69, 9.17) is 0 Å².